The minimum Gasteiger partial charge on any atom is -0.390 e. The van der Waals surface area contributed by atoms with Crippen molar-refractivity contribution in [1.29, 1.82) is 0 Å². The number of piperidine rings is 1. The number of rotatable bonds is 5. The zero-order chi connectivity index (χ0) is 20.2. The van der Waals surface area contributed by atoms with Crippen molar-refractivity contribution in [3.05, 3.63) is 71.3 Å². The first kappa shape index (κ1) is 19.6. The number of hydrogen-bond donors (Lipinski definition) is 2. The van der Waals surface area contributed by atoms with E-state index in [9.17, 15) is 14.7 Å². The number of nitrogens with zero attached hydrogens (tertiary/aromatic N) is 1. The van der Waals surface area contributed by atoms with Gasteiger partial charge in [0.15, 0.2) is 0 Å². The second-order valence-electron chi connectivity index (χ2n) is 8.10. The average Bonchev–Trinajstić information content (AvgIpc) is 3.08. The van der Waals surface area contributed by atoms with Crippen LogP contribution in [0.3, 0.4) is 0 Å². The smallest absolute Gasteiger partial charge is 0.223 e. The van der Waals surface area contributed by atoms with Gasteiger partial charge in [-0.25, -0.2) is 0 Å². The zero-order valence-corrected chi connectivity index (χ0v) is 16.6. The van der Waals surface area contributed by atoms with E-state index in [4.69, 9.17) is 0 Å². The summed E-state index contributed by atoms with van der Waals surface area (Å²) in [6.45, 7) is 1.24. The summed E-state index contributed by atoms with van der Waals surface area (Å²) in [6.07, 6.45) is 2.61. The van der Waals surface area contributed by atoms with Crippen molar-refractivity contribution in [3.63, 3.8) is 0 Å². The predicted molar refractivity (Wildman–Crippen MR) is 111 cm³/mol. The van der Waals surface area contributed by atoms with E-state index in [1.54, 1.807) is 0 Å². The molecule has 2 aliphatic rings. The molecular weight excluding hydrogens is 364 g/mol. The van der Waals surface area contributed by atoms with Crippen LogP contribution in [0.2, 0.25) is 0 Å². The van der Waals surface area contributed by atoms with Gasteiger partial charge in [-0.15, -0.1) is 0 Å². The summed E-state index contributed by atoms with van der Waals surface area (Å²) in [5.74, 6) is 0.0446. The second kappa shape index (κ2) is 8.78. The summed E-state index contributed by atoms with van der Waals surface area (Å²) in [5, 5.41) is 13.4. The summed E-state index contributed by atoms with van der Waals surface area (Å²) in [4.78, 5) is 27.2. The summed E-state index contributed by atoms with van der Waals surface area (Å²) in [5.41, 5.74) is 3.29. The normalized spacial score (nSPS) is 21.6. The number of amides is 2. The fourth-order valence-electron chi connectivity index (χ4n) is 4.46. The monoisotopic (exact) mass is 392 g/mol. The molecule has 2 atom stereocenters. The molecule has 152 valence electrons. The van der Waals surface area contributed by atoms with E-state index in [1.165, 1.54) is 5.56 Å². The number of aliphatic hydroxyl groups excluding tert-OH is 1. The maximum absolute atomic E-state index is 12.8. The maximum Gasteiger partial charge on any atom is 0.223 e. The Labute approximate surface area is 171 Å². The number of hydrogen-bond acceptors (Lipinski definition) is 3. The van der Waals surface area contributed by atoms with E-state index in [-0.39, 0.29) is 23.8 Å². The minimum atomic E-state index is -0.573. The van der Waals surface area contributed by atoms with Gasteiger partial charge in [-0.1, -0.05) is 54.6 Å². The Morgan fingerprint density at radius 2 is 1.69 bits per heavy atom. The van der Waals surface area contributed by atoms with Crippen molar-refractivity contribution in [1.82, 2.24) is 10.2 Å². The van der Waals surface area contributed by atoms with Crippen LogP contribution in [0.5, 0.6) is 0 Å². The van der Waals surface area contributed by atoms with Gasteiger partial charge in [0.25, 0.3) is 0 Å². The first-order chi connectivity index (χ1) is 14.1. The SMILES string of the molecule is O=C(NC1c2ccccc2CC1O)C1CCN(C(=O)CCc2ccccc2)CC1. The van der Waals surface area contributed by atoms with E-state index in [2.05, 4.69) is 5.32 Å². The van der Waals surface area contributed by atoms with Crippen molar-refractivity contribution in [3.8, 4) is 0 Å². The van der Waals surface area contributed by atoms with Crippen molar-refractivity contribution >= 4 is 11.8 Å². The molecule has 1 aliphatic carbocycles. The topological polar surface area (TPSA) is 69.6 Å². The molecule has 2 unspecified atom stereocenters. The molecule has 0 bridgehead atoms. The molecule has 1 fully saturated rings. The first-order valence-corrected chi connectivity index (χ1v) is 10.5. The molecule has 4 rings (SSSR count). The highest BCUT2D eigenvalue weighted by Gasteiger charge is 2.34. The number of aryl methyl sites for hydroxylation is 1. The third-order valence-electron chi connectivity index (χ3n) is 6.19. The Balaban J connectivity index is 1.26. The third kappa shape index (κ3) is 4.51. The molecule has 1 heterocycles. The molecular formula is C24H28N2O3. The molecule has 1 aliphatic heterocycles. The van der Waals surface area contributed by atoms with E-state index < -0.39 is 6.10 Å². The van der Waals surface area contributed by atoms with E-state index >= 15 is 0 Å². The molecule has 5 heteroatoms. The van der Waals surface area contributed by atoms with Gasteiger partial charge in [0.2, 0.25) is 11.8 Å². The Kier molecular flexibility index (Phi) is 5.95. The zero-order valence-electron chi connectivity index (χ0n) is 16.6. The lowest BCUT2D eigenvalue weighted by Gasteiger charge is -2.32. The van der Waals surface area contributed by atoms with Crippen molar-refractivity contribution < 1.29 is 14.7 Å². The molecule has 1 saturated heterocycles. The van der Waals surface area contributed by atoms with E-state index in [0.717, 1.165) is 17.5 Å². The number of carbonyl (C=O) groups is 2. The number of carbonyl (C=O) groups excluding carboxylic acids is 2. The van der Waals surface area contributed by atoms with Gasteiger partial charge in [-0.3, -0.25) is 9.59 Å². The Hall–Kier alpha value is -2.66. The average molecular weight is 392 g/mol. The lowest BCUT2D eigenvalue weighted by molar-refractivity contribution is -0.136. The van der Waals surface area contributed by atoms with Crippen molar-refractivity contribution in [2.75, 3.05) is 13.1 Å². The van der Waals surface area contributed by atoms with E-state index in [1.807, 2.05) is 59.5 Å². The molecule has 2 aromatic rings. The molecule has 0 spiro atoms. The fraction of sp³-hybridized carbons (Fsp3) is 0.417. The fourth-order valence-corrected chi connectivity index (χ4v) is 4.46. The highest BCUT2D eigenvalue weighted by atomic mass is 16.3. The van der Waals surface area contributed by atoms with Gasteiger partial charge >= 0.3 is 0 Å². The van der Waals surface area contributed by atoms with Gasteiger partial charge in [0.1, 0.15) is 0 Å². The quantitative estimate of drug-likeness (QED) is 0.822. The van der Waals surface area contributed by atoms with E-state index in [0.29, 0.717) is 38.8 Å². The van der Waals surface area contributed by atoms with Crippen LogP contribution in [0, 0.1) is 5.92 Å². The molecule has 2 N–H and O–H groups in total. The summed E-state index contributed by atoms with van der Waals surface area (Å²) in [6, 6.07) is 17.6. The molecule has 0 aromatic heterocycles. The molecule has 5 nitrogen and oxygen atoms in total. The summed E-state index contributed by atoms with van der Waals surface area (Å²) in [7, 11) is 0. The molecule has 2 aromatic carbocycles. The highest BCUT2D eigenvalue weighted by Crippen LogP contribution is 2.32. The Bertz CT molecular complexity index is 859. The molecule has 0 saturated carbocycles. The largest absolute Gasteiger partial charge is 0.390 e. The van der Waals surface area contributed by atoms with Crippen LogP contribution < -0.4 is 5.32 Å². The predicted octanol–water partition coefficient (Wildman–Crippen LogP) is 2.63. The summed E-state index contributed by atoms with van der Waals surface area (Å²) < 4.78 is 0. The van der Waals surface area contributed by atoms with Crippen LogP contribution in [-0.4, -0.2) is 41.0 Å². The first-order valence-electron chi connectivity index (χ1n) is 10.5. The summed E-state index contributed by atoms with van der Waals surface area (Å²) >= 11 is 0. The number of benzene rings is 2. The van der Waals surface area contributed by atoms with Gasteiger partial charge in [-0.2, -0.15) is 0 Å². The van der Waals surface area contributed by atoms with Crippen molar-refractivity contribution in [2.24, 2.45) is 5.92 Å². The molecule has 0 radical (unpaired) electrons. The second-order valence-corrected chi connectivity index (χ2v) is 8.10. The lowest BCUT2D eigenvalue weighted by atomic mass is 9.94. The number of likely N-dealkylation sites (tertiary alicyclic amines) is 1. The number of aliphatic hydroxyl groups is 1. The highest BCUT2D eigenvalue weighted by molar-refractivity contribution is 5.80. The molecule has 29 heavy (non-hydrogen) atoms. The van der Waals surface area contributed by atoms with Gasteiger partial charge in [0, 0.05) is 31.8 Å². The van der Waals surface area contributed by atoms with Crippen LogP contribution in [-0.2, 0) is 22.4 Å². The van der Waals surface area contributed by atoms with Gasteiger partial charge < -0.3 is 15.3 Å². The Morgan fingerprint density at radius 1 is 1.00 bits per heavy atom. The molecule has 2 amide bonds. The van der Waals surface area contributed by atoms with Gasteiger partial charge in [0.05, 0.1) is 12.1 Å². The minimum absolute atomic E-state index is 0.0119. The van der Waals surface area contributed by atoms with Crippen LogP contribution in [0.15, 0.2) is 54.6 Å². The van der Waals surface area contributed by atoms with Crippen LogP contribution in [0.1, 0.15) is 42.0 Å². The Morgan fingerprint density at radius 3 is 2.45 bits per heavy atom. The van der Waals surface area contributed by atoms with Gasteiger partial charge in [-0.05, 0) is 36.0 Å². The third-order valence-corrected chi connectivity index (χ3v) is 6.19. The number of fused-ring (bicyclic) bond motifs is 1. The maximum atomic E-state index is 12.8. The number of nitrogens with one attached hydrogen (secondary N) is 1. The lowest BCUT2D eigenvalue weighted by Crippen LogP contribution is -2.44. The standard InChI is InChI=1S/C24H28N2O3/c27-21-16-19-8-4-5-9-20(19)23(21)25-24(29)18-12-14-26(15-13-18)22(28)11-10-17-6-2-1-3-7-17/h1-9,18,21,23,27H,10-16H2,(H,25,29). The van der Waals surface area contributed by atoms with Crippen molar-refractivity contribution in [2.45, 2.75) is 44.2 Å². The van der Waals surface area contributed by atoms with Crippen LogP contribution >= 0.6 is 0 Å². The van der Waals surface area contributed by atoms with Crippen LogP contribution in [0.25, 0.3) is 0 Å². The van der Waals surface area contributed by atoms with Crippen LogP contribution in [0.4, 0.5) is 0 Å².